The molecule has 7 nitrogen and oxygen atoms in total. The SMILES string of the molecule is NCc1cc(S(N)(=O)=O)cc(S(N)(=O)=O)c1. The number of rotatable bonds is 3. The van der Waals surface area contributed by atoms with Gasteiger partial charge in [-0.05, 0) is 23.8 Å². The summed E-state index contributed by atoms with van der Waals surface area (Å²) in [5.41, 5.74) is 5.62. The van der Waals surface area contributed by atoms with E-state index in [1.54, 1.807) is 0 Å². The summed E-state index contributed by atoms with van der Waals surface area (Å²) in [5.74, 6) is 0. The highest BCUT2D eigenvalue weighted by molar-refractivity contribution is 7.90. The van der Waals surface area contributed by atoms with Crippen molar-refractivity contribution in [1.82, 2.24) is 0 Å². The molecular weight excluding hydrogens is 254 g/mol. The molecule has 0 radical (unpaired) electrons. The van der Waals surface area contributed by atoms with Crippen LogP contribution in [-0.4, -0.2) is 16.8 Å². The number of nitrogens with two attached hydrogens (primary N) is 3. The van der Waals surface area contributed by atoms with Crippen molar-refractivity contribution in [2.45, 2.75) is 16.3 Å². The summed E-state index contributed by atoms with van der Waals surface area (Å²) >= 11 is 0. The van der Waals surface area contributed by atoms with Crippen molar-refractivity contribution in [1.29, 1.82) is 0 Å². The van der Waals surface area contributed by atoms with Crippen molar-refractivity contribution in [3.63, 3.8) is 0 Å². The van der Waals surface area contributed by atoms with Crippen LogP contribution in [0.5, 0.6) is 0 Å². The van der Waals surface area contributed by atoms with Gasteiger partial charge >= 0.3 is 0 Å². The van der Waals surface area contributed by atoms with E-state index in [0.717, 1.165) is 6.07 Å². The predicted octanol–water partition coefficient (Wildman–Crippen LogP) is -1.56. The standard InChI is InChI=1S/C7H11N3O4S2/c8-4-5-1-6(15(9,11)12)3-7(2-5)16(10,13)14/h1-3H,4,8H2,(H2,9,11,12)(H2,10,13,14). The highest BCUT2D eigenvalue weighted by Gasteiger charge is 2.15. The monoisotopic (exact) mass is 265 g/mol. The topological polar surface area (TPSA) is 146 Å². The fourth-order valence-corrected chi connectivity index (χ4v) is 2.37. The minimum atomic E-state index is -3.99. The summed E-state index contributed by atoms with van der Waals surface area (Å²) in [6.07, 6.45) is 0. The third-order valence-electron chi connectivity index (χ3n) is 1.83. The van der Waals surface area contributed by atoms with E-state index < -0.39 is 20.0 Å². The average molecular weight is 265 g/mol. The summed E-state index contributed by atoms with van der Waals surface area (Å²) in [7, 11) is -7.99. The second kappa shape index (κ2) is 4.11. The molecule has 0 atom stereocenters. The minimum absolute atomic E-state index is 0.0219. The first kappa shape index (κ1) is 13.1. The molecule has 0 fully saturated rings. The van der Waals surface area contributed by atoms with Crippen LogP contribution in [0, 0.1) is 0 Å². The number of sulfonamides is 2. The van der Waals surface area contributed by atoms with Crippen molar-refractivity contribution >= 4 is 20.0 Å². The lowest BCUT2D eigenvalue weighted by Gasteiger charge is -2.05. The Morgan fingerprint density at radius 2 is 1.25 bits per heavy atom. The molecule has 0 aliphatic heterocycles. The highest BCUT2D eigenvalue weighted by atomic mass is 32.2. The zero-order valence-electron chi connectivity index (χ0n) is 8.12. The fraction of sp³-hybridized carbons (Fsp3) is 0.143. The lowest BCUT2D eigenvalue weighted by molar-refractivity contribution is 0.595. The van der Waals surface area contributed by atoms with Crippen LogP contribution in [0.15, 0.2) is 28.0 Å². The summed E-state index contributed by atoms with van der Waals surface area (Å²) in [6, 6.07) is 3.29. The number of hydrogen-bond acceptors (Lipinski definition) is 5. The van der Waals surface area contributed by atoms with Crippen LogP contribution in [-0.2, 0) is 26.6 Å². The maximum atomic E-state index is 11.1. The Kier molecular flexibility index (Phi) is 3.35. The van der Waals surface area contributed by atoms with Crippen LogP contribution in [0.2, 0.25) is 0 Å². The molecule has 16 heavy (non-hydrogen) atoms. The molecule has 0 bridgehead atoms. The molecule has 0 saturated heterocycles. The van der Waals surface area contributed by atoms with Gasteiger partial charge < -0.3 is 5.73 Å². The van der Waals surface area contributed by atoms with Crippen LogP contribution in [0.1, 0.15) is 5.56 Å². The number of primary sulfonamides is 2. The minimum Gasteiger partial charge on any atom is -0.326 e. The molecule has 90 valence electrons. The molecule has 1 aromatic carbocycles. The summed E-state index contributed by atoms with van der Waals surface area (Å²) in [4.78, 5) is -0.668. The van der Waals surface area contributed by atoms with Gasteiger partial charge in [-0.25, -0.2) is 27.1 Å². The molecule has 6 N–H and O–H groups in total. The third-order valence-corrected chi connectivity index (χ3v) is 3.62. The molecule has 0 aromatic heterocycles. The maximum Gasteiger partial charge on any atom is 0.238 e. The Bertz CT molecular complexity index is 556. The van der Waals surface area contributed by atoms with Gasteiger partial charge in [0.05, 0.1) is 9.79 Å². The van der Waals surface area contributed by atoms with E-state index in [0.29, 0.717) is 5.56 Å². The predicted molar refractivity (Wildman–Crippen MR) is 57.1 cm³/mol. The van der Waals surface area contributed by atoms with Gasteiger partial charge in [0, 0.05) is 6.54 Å². The summed E-state index contributed by atoms with van der Waals surface area (Å²) in [6.45, 7) is -0.0219. The summed E-state index contributed by atoms with van der Waals surface area (Å²) in [5, 5.41) is 9.78. The van der Waals surface area contributed by atoms with E-state index >= 15 is 0 Å². The first-order chi connectivity index (χ1) is 7.14. The molecule has 0 amide bonds. The van der Waals surface area contributed by atoms with Gasteiger partial charge in [0.15, 0.2) is 0 Å². The van der Waals surface area contributed by atoms with Gasteiger partial charge in [-0.1, -0.05) is 0 Å². The van der Waals surface area contributed by atoms with Crippen molar-refractivity contribution < 1.29 is 16.8 Å². The van der Waals surface area contributed by atoms with Crippen LogP contribution in [0.25, 0.3) is 0 Å². The van der Waals surface area contributed by atoms with Crippen LogP contribution >= 0.6 is 0 Å². The van der Waals surface area contributed by atoms with E-state index in [1.165, 1.54) is 12.1 Å². The van der Waals surface area contributed by atoms with Crippen molar-refractivity contribution in [3.8, 4) is 0 Å². The average Bonchev–Trinajstić information content (AvgIpc) is 2.14. The smallest absolute Gasteiger partial charge is 0.238 e. The maximum absolute atomic E-state index is 11.1. The van der Waals surface area contributed by atoms with E-state index in [2.05, 4.69) is 0 Å². The fourth-order valence-electron chi connectivity index (χ4n) is 1.08. The number of benzene rings is 1. The van der Waals surface area contributed by atoms with E-state index in [-0.39, 0.29) is 16.3 Å². The molecule has 0 aliphatic rings. The van der Waals surface area contributed by atoms with Crippen molar-refractivity contribution in [2.75, 3.05) is 0 Å². The summed E-state index contributed by atoms with van der Waals surface area (Å²) < 4.78 is 44.3. The normalized spacial score (nSPS) is 12.7. The third kappa shape index (κ3) is 3.00. The zero-order valence-corrected chi connectivity index (χ0v) is 9.75. The lowest BCUT2D eigenvalue weighted by atomic mass is 10.2. The van der Waals surface area contributed by atoms with E-state index in [4.69, 9.17) is 16.0 Å². The quantitative estimate of drug-likeness (QED) is 0.604. The molecule has 0 unspecified atom stereocenters. The molecule has 1 rings (SSSR count). The van der Waals surface area contributed by atoms with Crippen molar-refractivity contribution in [2.24, 2.45) is 16.0 Å². The molecular formula is C7H11N3O4S2. The van der Waals surface area contributed by atoms with E-state index in [1.807, 2.05) is 0 Å². The van der Waals surface area contributed by atoms with Gasteiger partial charge in [-0.3, -0.25) is 0 Å². The Morgan fingerprint density at radius 3 is 1.50 bits per heavy atom. The van der Waals surface area contributed by atoms with Crippen LogP contribution < -0.4 is 16.0 Å². The van der Waals surface area contributed by atoms with Crippen molar-refractivity contribution in [3.05, 3.63) is 23.8 Å². The molecule has 0 saturated carbocycles. The van der Waals surface area contributed by atoms with Gasteiger partial charge in [-0.2, -0.15) is 0 Å². The zero-order chi connectivity index (χ0) is 12.6. The Morgan fingerprint density at radius 1 is 0.875 bits per heavy atom. The molecule has 0 heterocycles. The largest absolute Gasteiger partial charge is 0.326 e. The number of hydrogen-bond donors (Lipinski definition) is 3. The Labute approximate surface area is 93.3 Å². The van der Waals surface area contributed by atoms with Crippen LogP contribution in [0.4, 0.5) is 0 Å². The molecule has 0 spiro atoms. The first-order valence-electron chi connectivity index (χ1n) is 4.04. The van der Waals surface area contributed by atoms with Gasteiger partial charge in [0.25, 0.3) is 0 Å². The lowest BCUT2D eigenvalue weighted by Crippen LogP contribution is -2.17. The van der Waals surface area contributed by atoms with Gasteiger partial charge in [-0.15, -0.1) is 0 Å². The highest BCUT2D eigenvalue weighted by Crippen LogP contribution is 2.16. The second-order valence-corrected chi connectivity index (χ2v) is 6.23. The Balaban J connectivity index is 3.58. The van der Waals surface area contributed by atoms with Crippen LogP contribution in [0.3, 0.4) is 0 Å². The Hall–Kier alpha value is -1.00. The molecule has 9 heteroatoms. The molecule has 0 aliphatic carbocycles. The van der Waals surface area contributed by atoms with E-state index in [9.17, 15) is 16.8 Å². The second-order valence-electron chi connectivity index (χ2n) is 3.11. The first-order valence-corrected chi connectivity index (χ1v) is 7.13. The van der Waals surface area contributed by atoms with Gasteiger partial charge in [0.2, 0.25) is 20.0 Å². The molecule has 1 aromatic rings. The van der Waals surface area contributed by atoms with Gasteiger partial charge in [0.1, 0.15) is 0 Å².